The molecule has 1 amide bonds. The molecular weight excluding hydrogens is 352 g/mol. The Morgan fingerprint density at radius 3 is 2.39 bits per heavy atom. The van der Waals surface area contributed by atoms with Crippen LogP contribution < -0.4 is 15.0 Å². The maximum Gasteiger partial charge on any atom is 0.258 e. The molecule has 1 aliphatic rings. The maximum atomic E-state index is 12.7. The van der Waals surface area contributed by atoms with Crippen LogP contribution in [0.25, 0.3) is 0 Å². The Kier molecular flexibility index (Phi) is 7.06. The van der Waals surface area contributed by atoms with E-state index >= 15 is 0 Å². The summed E-state index contributed by atoms with van der Waals surface area (Å²) in [6, 6.07) is 14.3. The average Bonchev–Trinajstić information content (AvgIpc) is 2.68. The summed E-state index contributed by atoms with van der Waals surface area (Å²) in [5.74, 6) is 0.705. The van der Waals surface area contributed by atoms with E-state index < -0.39 is 0 Å². The van der Waals surface area contributed by atoms with Crippen LogP contribution in [0, 0.1) is 20.8 Å². The van der Waals surface area contributed by atoms with Crippen LogP contribution in [0.3, 0.4) is 0 Å². The quantitative estimate of drug-likeness (QED) is 0.766. The fourth-order valence-corrected chi connectivity index (χ4v) is 3.86. The van der Waals surface area contributed by atoms with Crippen molar-refractivity contribution in [1.82, 2.24) is 5.32 Å². The number of rotatable bonds is 7. The molecule has 3 rings (SSSR count). The minimum Gasteiger partial charge on any atom is -0.483 e. The van der Waals surface area contributed by atoms with Crippen molar-refractivity contribution in [3.8, 4) is 5.75 Å². The summed E-state index contributed by atoms with van der Waals surface area (Å²) in [5, 5.41) is 3.18. The van der Waals surface area contributed by atoms with E-state index in [9.17, 15) is 4.79 Å². The topological polar surface area (TPSA) is 52.0 Å². The van der Waals surface area contributed by atoms with Gasteiger partial charge in [0.15, 0.2) is 6.61 Å². The van der Waals surface area contributed by atoms with Gasteiger partial charge in [0, 0.05) is 0 Å². The van der Waals surface area contributed by atoms with Crippen molar-refractivity contribution in [3.63, 3.8) is 0 Å². The van der Waals surface area contributed by atoms with E-state index in [1.807, 2.05) is 32.0 Å². The number of hydrogen-bond acceptors (Lipinski definition) is 3. The summed E-state index contributed by atoms with van der Waals surface area (Å²) in [5.41, 5.74) is 4.44. The molecule has 0 saturated carbocycles. The van der Waals surface area contributed by atoms with Crippen molar-refractivity contribution in [3.05, 3.63) is 64.7 Å². The number of carbonyl (C=O) groups is 1. The standard InChI is InChI=1S/C23H30N2O3/c1-17-13-18(2)23(19(3)14-17)28-16-22(26)24-21(20-7-5-4-6-8-20)15-25-9-11-27-12-10-25/h4-8,13-14,21H,9-12,15-16H2,1-3H3,(H,24,26)/p+1/t21-/m0/s1. The molecule has 1 aliphatic heterocycles. The summed E-state index contributed by atoms with van der Waals surface area (Å²) >= 11 is 0. The van der Waals surface area contributed by atoms with Crippen molar-refractivity contribution in [1.29, 1.82) is 0 Å². The highest BCUT2D eigenvalue weighted by atomic mass is 16.5. The first-order valence-electron chi connectivity index (χ1n) is 9.99. The number of morpholine rings is 1. The first kappa shape index (κ1) is 20.4. The number of ether oxygens (including phenoxy) is 2. The third-order valence-electron chi connectivity index (χ3n) is 5.18. The molecule has 1 fully saturated rings. The van der Waals surface area contributed by atoms with Gasteiger partial charge in [-0.05, 0) is 37.5 Å². The summed E-state index contributed by atoms with van der Waals surface area (Å²) < 4.78 is 11.3. The number of amides is 1. The molecule has 150 valence electrons. The highest BCUT2D eigenvalue weighted by Gasteiger charge is 2.23. The van der Waals surface area contributed by atoms with Crippen molar-refractivity contribution in [2.24, 2.45) is 0 Å². The lowest BCUT2D eigenvalue weighted by atomic mass is 10.1. The van der Waals surface area contributed by atoms with Gasteiger partial charge in [-0.2, -0.15) is 0 Å². The first-order valence-corrected chi connectivity index (χ1v) is 9.99. The van der Waals surface area contributed by atoms with Crippen molar-refractivity contribution in [2.45, 2.75) is 26.8 Å². The molecule has 0 aliphatic carbocycles. The largest absolute Gasteiger partial charge is 0.483 e. The van der Waals surface area contributed by atoms with Gasteiger partial charge in [0.2, 0.25) is 0 Å². The normalized spacial score (nSPS) is 15.8. The molecule has 0 spiro atoms. The van der Waals surface area contributed by atoms with E-state index in [1.165, 1.54) is 10.5 Å². The molecule has 1 saturated heterocycles. The highest BCUT2D eigenvalue weighted by Crippen LogP contribution is 2.24. The van der Waals surface area contributed by atoms with Gasteiger partial charge < -0.3 is 19.7 Å². The molecule has 5 heteroatoms. The van der Waals surface area contributed by atoms with Gasteiger partial charge in [-0.1, -0.05) is 48.0 Å². The van der Waals surface area contributed by atoms with Crippen molar-refractivity contribution < 1.29 is 19.2 Å². The molecule has 5 nitrogen and oxygen atoms in total. The minimum atomic E-state index is -0.0964. The lowest BCUT2D eigenvalue weighted by molar-refractivity contribution is -0.909. The number of aryl methyl sites for hydroxylation is 3. The zero-order valence-electron chi connectivity index (χ0n) is 17.1. The van der Waals surface area contributed by atoms with Gasteiger partial charge in [0.25, 0.3) is 5.91 Å². The molecule has 28 heavy (non-hydrogen) atoms. The molecule has 1 heterocycles. The van der Waals surface area contributed by atoms with Gasteiger partial charge >= 0.3 is 0 Å². The molecule has 0 radical (unpaired) electrons. The Morgan fingerprint density at radius 2 is 1.75 bits per heavy atom. The van der Waals surface area contributed by atoms with Gasteiger partial charge in [-0.25, -0.2) is 0 Å². The fraction of sp³-hybridized carbons (Fsp3) is 0.435. The van der Waals surface area contributed by atoms with Crippen molar-refractivity contribution >= 4 is 5.91 Å². The van der Waals surface area contributed by atoms with E-state index in [0.29, 0.717) is 0 Å². The van der Waals surface area contributed by atoms with Crippen LogP contribution >= 0.6 is 0 Å². The molecule has 0 aromatic heterocycles. The Morgan fingerprint density at radius 1 is 1.11 bits per heavy atom. The molecule has 2 N–H and O–H groups in total. The SMILES string of the molecule is Cc1cc(C)c(OCC(=O)N[C@@H](C[NH+]2CCOCC2)c2ccccc2)c(C)c1. The van der Waals surface area contributed by atoms with Crippen molar-refractivity contribution in [2.75, 3.05) is 39.5 Å². The second-order valence-corrected chi connectivity index (χ2v) is 7.61. The van der Waals surface area contributed by atoms with Crippen LogP contribution in [0.2, 0.25) is 0 Å². The zero-order chi connectivity index (χ0) is 19.9. The molecule has 0 bridgehead atoms. The lowest BCUT2D eigenvalue weighted by Crippen LogP contribution is -3.14. The fourth-order valence-electron chi connectivity index (χ4n) is 3.86. The van der Waals surface area contributed by atoms with Crippen LogP contribution in [0.15, 0.2) is 42.5 Å². The first-order chi connectivity index (χ1) is 13.5. The molecule has 0 unspecified atom stereocenters. The smallest absolute Gasteiger partial charge is 0.258 e. The summed E-state index contributed by atoms with van der Waals surface area (Å²) in [6.45, 7) is 10.5. The van der Waals surface area contributed by atoms with Gasteiger partial charge in [0.1, 0.15) is 31.4 Å². The van der Waals surface area contributed by atoms with E-state index in [-0.39, 0.29) is 18.6 Å². The predicted molar refractivity (Wildman–Crippen MR) is 110 cm³/mol. The number of hydrogen-bond donors (Lipinski definition) is 2. The Bertz CT molecular complexity index is 763. The molecule has 2 aromatic carbocycles. The van der Waals surface area contributed by atoms with Crippen LogP contribution in [0.5, 0.6) is 5.75 Å². The lowest BCUT2D eigenvalue weighted by Gasteiger charge is -2.28. The van der Waals surface area contributed by atoms with Crippen LogP contribution in [-0.4, -0.2) is 45.4 Å². The van der Waals surface area contributed by atoms with E-state index in [0.717, 1.165) is 55.3 Å². The summed E-state index contributed by atoms with van der Waals surface area (Å²) in [6.07, 6.45) is 0. The molecule has 2 aromatic rings. The number of nitrogens with one attached hydrogen (secondary N) is 2. The summed E-state index contributed by atoms with van der Waals surface area (Å²) in [4.78, 5) is 14.1. The maximum absolute atomic E-state index is 12.7. The molecular formula is C23H31N2O3+. The average molecular weight is 384 g/mol. The van der Waals surface area contributed by atoms with Gasteiger partial charge in [-0.15, -0.1) is 0 Å². The number of carbonyl (C=O) groups excluding carboxylic acids is 1. The van der Waals surface area contributed by atoms with E-state index in [1.54, 1.807) is 0 Å². The van der Waals surface area contributed by atoms with Gasteiger partial charge in [0.05, 0.1) is 13.2 Å². The third-order valence-corrected chi connectivity index (χ3v) is 5.18. The minimum absolute atomic E-state index is 0.0204. The Balaban J connectivity index is 1.64. The van der Waals surface area contributed by atoms with E-state index in [2.05, 4.69) is 36.5 Å². The third kappa shape index (κ3) is 5.57. The predicted octanol–water partition coefficient (Wildman–Crippen LogP) is 1.76. The second-order valence-electron chi connectivity index (χ2n) is 7.61. The highest BCUT2D eigenvalue weighted by molar-refractivity contribution is 5.78. The Hall–Kier alpha value is -2.37. The van der Waals surface area contributed by atoms with Crippen LogP contribution in [0.1, 0.15) is 28.3 Å². The summed E-state index contributed by atoms with van der Waals surface area (Å²) in [7, 11) is 0. The molecule has 1 atom stereocenters. The van der Waals surface area contributed by atoms with Crippen LogP contribution in [0.4, 0.5) is 0 Å². The number of quaternary nitrogens is 1. The van der Waals surface area contributed by atoms with Gasteiger partial charge in [-0.3, -0.25) is 4.79 Å². The Labute approximate surface area is 167 Å². The number of benzene rings is 2. The monoisotopic (exact) mass is 383 g/mol. The zero-order valence-corrected chi connectivity index (χ0v) is 17.1. The second kappa shape index (κ2) is 9.71. The van der Waals surface area contributed by atoms with Crippen LogP contribution in [-0.2, 0) is 9.53 Å². The van der Waals surface area contributed by atoms with E-state index in [4.69, 9.17) is 9.47 Å².